The molecular formula is C19H17Cl2N3O2. The fourth-order valence-corrected chi connectivity index (χ4v) is 2.87. The number of aromatic amines is 1. The third-order valence-corrected chi connectivity index (χ3v) is 4.42. The minimum atomic E-state index is -0.254. The molecule has 0 atom stereocenters. The summed E-state index contributed by atoms with van der Waals surface area (Å²) in [5.74, 6) is -0.484. The van der Waals surface area contributed by atoms with E-state index in [0.717, 1.165) is 22.0 Å². The molecule has 5 nitrogen and oxygen atoms in total. The first-order chi connectivity index (χ1) is 12.5. The summed E-state index contributed by atoms with van der Waals surface area (Å²) in [7, 11) is 0. The number of hydrogen-bond donors (Lipinski definition) is 3. The van der Waals surface area contributed by atoms with E-state index in [9.17, 15) is 9.59 Å². The molecule has 3 rings (SSSR count). The Labute approximate surface area is 160 Å². The van der Waals surface area contributed by atoms with Crippen molar-refractivity contribution in [2.75, 3.05) is 6.54 Å². The highest BCUT2D eigenvalue weighted by atomic mass is 35.5. The largest absolute Gasteiger partial charge is 0.361 e. The molecule has 2 amide bonds. The Morgan fingerprint density at radius 1 is 0.923 bits per heavy atom. The van der Waals surface area contributed by atoms with Crippen molar-refractivity contribution >= 4 is 45.9 Å². The third kappa shape index (κ3) is 4.77. The van der Waals surface area contributed by atoms with Crippen LogP contribution in [0.15, 0.2) is 48.7 Å². The quantitative estimate of drug-likeness (QED) is 0.603. The van der Waals surface area contributed by atoms with Crippen LogP contribution >= 0.6 is 23.2 Å². The summed E-state index contributed by atoms with van der Waals surface area (Å²) in [5.41, 5.74) is 2.68. The number of carbonyl (C=O) groups is 2. The maximum absolute atomic E-state index is 12.1. The predicted molar refractivity (Wildman–Crippen MR) is 103 cm³/mol. The molecule has 0 saturated carbocycles. The first kappa shape index (κ1) is 18.3. The first-order valence-corrected chi connectivity index (χ1v) is 8.80. The molecule has 26 heavy (non-hydrogen) atoms. The van der Waals surface area contributed by atoms with E-state index in [2.05, 4.69) is 15.6 Å². The summed E-state index contributed by atoms with van der Waals surface area (Å²) < 4.78 is 0. The number of hydrogen-bond acceptors (Lipinski definition) is 2. The molecule has 1 heterocycles. The summed E-state index contributed by atoms with van der Waals surface area (Å²) in [6.07, 6.45) is 1.95. The van der Waals surface area contributed by atoms with Crippen molar-refractivity contribution in [3.63, 3.8) is 0 Å². The molecule has 0 aliphatic heterocycles. The van der Waals surface area contributed by atoms with Gasteiger partial charge in [0.15, 0.2) is 0 Å². The Morgan fingerprint density at radius 2 is 1.65 bits per heavy atom. The molecule has 0 aliphatic rings. The van der Waals surface area contributed by atoms with Crippen LogP contribution in [0.4, 0.5) is 0 Å². The van der Waals surface area contributed by atoms with Gasteiger partial charge >= 0.3 is 0 Å². The van der Waals surface area contributed by atoms with Gasteiger partial charge in [-0.1, -0.05) is 35.3 Å². The SMILES string of the molecule is O=C(CNC(=O)Cc1c[nH]c2ccc(Cl)cc12)NCc1ccc(Cl)cc1. The van der Waals surface area contributed by atoms with Gasteiger partial charge in [-0.15, -0.1) is 0 Å². The van der Waals surface area contributed by atoms with Crippen LogP contribution in [0.1, 0.15) is 11.1 Å². The molecule has 0 bridgehead atoms. The van der Waals surface area contributed by atoms with Crippen molar-refractivity contribution in [1.82, 2.24) is 15.6 Å². The lowest BCUT2D eigenvalue weighted by molar-refractivity contribution is -0.125. The zero-order valence-corrected chi connectivity index (χ0v) is 15.3. The standard InChI is InChI=1S/C19H17Cl2N3O2/c20-14-3-1-12(2-4-14)9-23-19(26)11-24-18(25)7-13-10-22-17-6-5-15(21)8-16(13)17/h1-6,8,10,22H,7,9,11H2,(H,23,26)(H,24,25). The van der Waals surface area contributed by atoms with Crippen molar-refractivity contribution in [1.29, 1.82) is 0 Å². The number of H-pyrrole nitrogens is 1. The summed E-state index contributed by atoms with van der Waals surface area (Å²) in [6, 6.07) is 12.7. The summed E-state index contributed by atoms with van der Waals surface area (Å²) in [5, 5.41) is 7.53. The van der Waals surface area contributed by atoms with Gasteiger partial charge < -0.3 is 15.6 Å². The molecule has 0 fully saturated rings. The van der Waals surface area contributed by atoms with E-state index < -0.39 is 0 Å². The van der Waals surface area contributed by atoms with Gasteiger partial charge in [-0.05, 0) is 41.5 Å². The number of halogens is 2. The fraction of sp³-hybridized carbons (Fsp3) is 0.158. The minimum absolute atomic E-state index is 0.0739. The van der Waals surface area contributed by atoms with E-state index in [0.29, 0.717) is 16.6 Å². The summed E-state index contributed by atoms with van der Waals surface area (Å²) >= 11 is 11.8. The van der Waals surface area contributed by atoms with E-state index in [1.807, 2.05) is 24.3 Å². The van der Waals surface area contributed by atoms with Crippen LogP contribution in [-0.4, -0.2) is 23.3 Å². The van der Waals surface area contributed by atoms with Crippen LogP contribution in [0.3, 0.4) is 0 Å². The normalized spacial score (nSPS) is 10.7. The Morgan fingerprint density at radius 3 is 2.42 bits per heavy atom. The number of aromatic nitrogens is 1. The second kappa shape index (κ2) is 8.25. The molecule has 0 spiro atoms. The zero-order valence-electron chi connectivity index (χ0n) is 13.8. The molecule has 1 aromatic heterocycles. The van der Waals surface area contributed by atoms with Crippen molar-refractivity contribution in [3.8, 4) is 0 Å². The Balaban J connectivity index is 1.48. The number of carbonyl (C=O) groups excluding carboxylic acids is 2. The van der Waals surface area contributed by atoms with Crippen LogP contribution in [0.5, 0.6) is 0 Å². The molecule has 0 aliphatic carbocycles. The number of nitrogens with one attached hydrogen (secondary N) is 3. The maximum Gasteiger partial charge on any atom is 0.239 e. The highest BCUT2D eigenvalue weighted by Crippen LogP contribution is 2.22. The third-order valence-electron chi connectivity index (χ3n) is 3.93. The smallest absolute Gasteiger partial charge is 0.239 e. The topological polar surface area (TPSA) is 74.0 Å². The first-order valence-electron chi connectivity index (χ1n) is 8.04. The molecule has 2 aromatic carbocycles. The van der Waals surface area contributed by atoms with E-state index in [1.54, 1.807) is 24.4 Å². The lowest BCUT2D eigenvalue weighted by atomic mass is 10.1. The summed E-state index contributed by atoms with van der Waals surface area (Å²) in [6.45, 7) is 0.308. The Bertz CT molecular complexity index is 936. The van der Waals surface area contributed by atoms with Gasteiger partial charge in [0.05, 0.1) is 13.0 Å². The Hall–Kier alpha value is -2.50. The van der Waals surface area contributed by atoms with E-state index in [-0.39, 0.29) is 24.8 Å². The lowest BCUT2D eigenvalue weighted by Crippen LogP contribution is -2.37. The lowest BCUT2D eigenvalue weighted by Gasteiger charge is -2.07. The van der Waals surface area contributed by atoms with Crippen molar-refractivity contribution in [2.45, 2.75) is 13.0 Å². The van der Waals surface area contributed by atoms with E-state index in [1.165, 1.54) is 0 Å². The fourth-order valence-electron chi connectivity index (χ4n) is 2.58. The van der Waals surface area contributed by atoms with Crippen LogP contribution < -0.4 is 10.6 Å². The molecular weight excluding hydrogens is 373 g/mol. The maximum atomic E-state index is 12.1. The average molecular weight is 390 g/mol. The number of fused-ring (bicyclic) bond motifs is 1. The van der Waals surface area contributed by atoms with Crippen molar-refractivity contribution < 1.29 is 9.59 Å². The minimum Gasteiger partial charge on any atom is -0.361 e. The molecule has 134 valence electrons. The Kier molecular flexibility index (Phi) is 5.81. The van der Waals surface area contributed by atoms with Crippen LogP contribution in [0.25, 0.3) is 10.9 Å². The van der Waals surface area contributed by atoms with Crippen LogP contribution in [0.2, 0.25) is 10.0 Å². The highest BCUT2D eigenvalue weighted by Gasteiger charge is 2.10. The van der Waals surface area contributed by atoms with Crippen molar-refractivity contribution in [2.24, 2.45) is 0 Å². The molecule has 7 heteroatoms. The van der Waals surface area contributed by atoms with Crippen LogP contribution in [-0.2, 0) is 22.6 Å². The zero-order chi connectivity index (χ0) is 18.5. The number of rotatable bonds is 6. The second-order valence-corrected chi connectivity index (χ2v) is 6.73. The second-order valence-electron chi connectivity index (χ2n) is 5.86. The van der Waals surface area contributed by atoms with Gasteiger partial charge in [0.2, 0.25) is 11.8 Å². The van der Waals surface area contributed by atoms with Gasteiger partial charge in [0.1, 0.15) is 0 Å². The van der Waals surface area contributed by atoms with Gasteiger partial charge in [0, 0.05) is 33.7 Å². The highest BCUT2D eigenvalue weighted by molar-refractivity contribution is 6.31. The van der Waals surface area contributed by atoms with Crippen molar-refractivity contribution in [3.05, 3.63) is 69.8 Å². The molecule has 0 radical (unpaired) electrons. The number of amides is 2. The van der Waals surface area contributed by atoms with Gasteiger partial charge in [-0.2, -0.15) is 0 Å². The molecule has 3 aromatic rings. The summed E-state index contributed by atoms with van der Waals surface area (Å²) in [4.78, 5) is 27.1. The van der Waals surface area contributed by atoms with E-state index in [4.69, 9.17) is 23.2 Å². The average Bonchev–Trinajstić information content (AvgIpc) is 3.01. The number of benzene rings is 2. The monoisotopic (exact) mass is 389 g/mol. The van der Waals surface area contributed by atoms with Gasteiger partial charge in [-0.25, -0.2) is 0 Å². The molecule has 0 saturated heterocycles. The van der Waals surface area contributed by atoms with E-state index >= 15 is 0 Å². The predicted octanol–water partition coefficient (Wildman–Crippen LogP) is 3.45. The van der Waals surface area contributed by atoms with Gasteiger partial charge in [0.25, 0.3) is 0 Å². The van der Waals surface area contributed by atoms with Gasteiger partial charge in [-0.3, -0.25) is 9.59 Å². The molecule has 3 N–H and O–H groups in total. The van der Waals surface area contributed by atoms with Crippen LogP contribution in [0, 0.1) is 0 Å². The molecule has 0 unspecified atom stereocenters.